The Balaban J connectivity index is 2.08. The molecule has 3 fully saturated rings. The Morgan fingerprint density at radius 3 is 1.97 bits per heavy atom. The number of methoxy groups -OCH3 is 1. The molecule has 0 amide bonds. The number of nitrogens with zero attached hydrogens (tertiary/aromatic N) is 1. The van der Waals surface area contributed by atoms with Crippen LogP contribution in [0.3, 0.4) is 0 Å². The summed E-state index contributed by atoms with van der Waals surface area (Å²) in [4.78, 5) is 39.4. The third-order valence-corrected chi connectivity index (χ3v) is 7.83. The van der Waals surface area contributed by atoms with Gasteiger partial charge in [0.1, 0.15) is 11.9 Å². The Labute approximate surface area is 214 Å². The third kappa shape index (κ3) is 7.58. The predicted octanol–water partition coefficient (Wildman–Crippen LogP) is 3.35. The van der Waals surface area contributed by atoms with E-state index in [1.54, 1.807) is 41.5 Å². The van der Waals surface area contributed by atoms with Crippen LogP contribution >= 0.6 is 7.60 Å². The maximum atomic E-state index is 13.4. The van der Waals surface area contributed by atoms with Gasteiger partial charge in [0.05, 0.1) is 24.0 Å². The van der Waals surface area contributed by atoms with Crippen LogP contribution < -0.4 is 0 Å². The number of esters is 2. The van der Waals surface area contributed by atoms with Crippen molar-refractivity contribution in [2.24, 2.45) is 16.7 Å². The molecular weight excluding hydrogens is 493 g/mol. The van der Waals surface area contributed by atoms with Gasteiger partial charge in [0.2, 0.25) is 13.6 Å². The van der Waals surface area contributed by atoms with E-state index < -0.39 is 55.8 Å². The molecule has 0 N–H and O–H groups in total. The number of carbonyl (C=O) groups is 3. The quantitative estimate of drug-likeness (QED) is 0.207. The normalized spacial score (nSPS) is 26.7. The highest BCUT2D eigenvalue weighted by Crippen LogP contribution is 2.49. The van der Waals surface area contributed by atoms with Crippen LogP contribution in [0, 0.1) is 16.7 Å². The van der Waals surface area contributed by atoms with Crippen LogP contribution in [0.5, 0.6) is 0 Å². The van der Waals surface area contributed by atoms with Crippen molar-refractivity contribution in [1.82, 2.24) is 4.90 Å². The van der Waals surface area contributed by atoms with E-state index in [0.717, 1.165) is 19.4 Å². The minimum Gasteiger partial charge on any atom is -0.438 e. The molecule has 0 aromatic heterocycles. The Morgan fingerprint density at radius 2 is 1.53 bits per heavy atom. The number of carbonyl (C=O) groups excluding carboxylic acids is 3. The molecule has 4 atom stereocenters. The number of ketones is 1. The maximum Gasteiger partial charge on any atom is 0.361 e. The first kappa shape index (κ1) is 30.9. The lowest BCUT2D eigenvalue weighted by Gasteiger charge is -2.55. The minimum absolute atomic E-state index is 0.0450. The summed E-state index contributed by atoms with van der Waals surface area (Å²) in [6.07, 6.45) is 1.03. The monoisotopic (exact) mass is 535 g/mol. The molecule has 0 radical (unpaired) electrons. The molecule has 36 heavy (non-hydrogen) atoms. The van der Waals surface area contributed by atoms with Gasteiger partial charge < -0.3 is 18.9 Å². The third-order valence-electron chi connectivity index (χ3n) is 6.33. The smallest absolute Gasteiger partial charge is 0.361 e. The molecule has 1 unspecified atom stereocenters. The molecule has 3 aliphatic heterocycles. The molecule has 0 aliphatic carbocycles. The zero-order chi connectivity index (χ0) is 27.4. The minimum atomic E-state index is -4.05. The molecule has 2 bridgehead atoms. The Morgan fingerprint density at radius 1 is 1.00 bits per heavy atom. The summed E-state index contributed by atoms with van der Waals surface area (Å²) >= 11 is 0. The molecule has 3 aliphatic rings. The number of ether oxygens (including phenoxy) is 4. The van der Waals surface area contributed by atoms with Gasteiger partial charge in [-0.1, -0.05) is 0 Å². The molecular formula is C24H42NO10P. The van der Waals surface area contributed by atoms with Crippen LogP contribution in [-0.4, -0.2) is 81.0 Å². The number of Topliss-reactive ketones (excluding diaryl/α,β-unsaturated/α-hetero) is 1. The average Bonchev–Trinajstić information content (AvgIpc) is 2.75. The van der Waals surface area contributed by atoms with Gasteiger partial charge in [-0.15, -0.1) is 0 Å². The number of hydrogen-bond acceptors (Lipinski definition) is 11. The van der Waals surface area contributed by atoms with Crippen molar-refractivity contribution < 1.29 is 46.9 Å². The number of fused-ring (bicyclic) bond motifs is 3. The standard InChI is InChI=1S/C24H42NO10P/c1-17-11-18-9-10-25(17)24(12-30-8,19(18)26)13-31-16-36(29,34-14-32-20(27)22(2,3)4)35-15-33-21(28)23(5,6)7/h17-18H,9-16H2,1-8H3/t17-,18+,24+/m0/s1. The highest BCUT2D eigenvalue weighted by Gasteiger charge is 2.56. The van der Waals surface area contributed by atoms with E-state index in [9.17, 15) is 18.9 Å². The van der Waals surface area contributed by atoms with Gasteiger partial charge in [-0.25, -0.2) is 0 Å². The lowest BCUT2D eigenvalue weighted by molar-refractivity contribution is -0.168. The van der Waals surface area contributed by atoms with E-state index in [0.29, 0.717) is 0 Å². The molecule has 0 saturated carbocycles. The van der Waals surface area contributed by atoms with Gasteiger partial charge in [-0.3, -0.25) is 32.9 Å². The van der Waals surface area contributed by atoms with E-state index in [1.165, 1.54) is 7.11 Å². The van der Waals surface area contributed by atoms with Crippen molar-refractivity contribution >= 4 is 25.3 Å². The lowest BCUT2D eigenvalue weighted by Crippen LogP contribution is -2.71. The summed E-state index contributed by atoms with van der Waals surface area (Å²) in [6, 6.07) is 0.174. The van der Waals surface area contributed by atoms with Crippen molar-refractivity contribution in [1.29, 1.82) is 0 Å². The second-order valence-electron chi connectivity index (χ2n) is 11.5. The fourth-order valence-electron chi connectivity index (χ4n) is 4.35. The van der Waals surface area contributed by atoms with E-state index in [-0.39, 0.29) is 31.0 Å². The summed E-state index contributed by atoms with van der Waals surface area (Å²) in [5, 5.41) is 0. The van der Waals surface area contributed by atoms with Gasteiger partial charge in [0.25, 0.3) is 0 Å². The van der Waals surface area contributed by atoms with Gasteiger partial charge in [-0.2, -0.15) is 0 Å². The number of hydrogen-bond donors (Lipinski definition) is 0. The van der Waals surface area contributed by atoms with Gasteiger partial charge in [0.15, 0.2) is 5.78 Å². The van der Waals surface area contributed by atoms with Crippen LogP contribution in [0.1, 0.15) is 61.3 Å². The highest BCUT2D eigenvalue weighted by molar-refractivity contribution is 7.53. The molecule has 3 rings (SSSR count). The van der Waals surface area contributed by atoms with Crippen molar-refractivity contribution in [2.75, 3.05) is 46.8 Å². The summed E-state index contributed by atoms with van der Waals surface area (Å²) < 4.78 is 45.3. The zero-order valence-corrected chi connectivity index (χ0v) is 23.7. The van der Waals surface area contributed by atoms with E-state index in [1.807, 2.05) is 0 Å². The molecule has 12 heteroatoms. The SMILES string of the molecule is COC[C@@]1(COCP(=O)(OCOC(=O)C(C)(C)C)OCOC(=O)C(C)(C)C)C(=O)[C@@H]2CCN1[C@@H](C)C2. The second kappa shape index (κ2) is 12.0. The van der Waals surface area contributed by atoms with Gasteiger partial charge in [0, 0.05) is 25.6 Å². The molecule has 3 saturated heterocycles. The first-order valence-corrected chi connectivity index (χ1v) is 13.9. The fourth-order valence-corrected chi connectivity index (χ4v) is 5.31. The lowest BCUT2D eigenvalue weighted by atomic mass is 9.71. The topological polar surface area (TPSA) is 127 Å². The predicted molar refractivity (Wildman–Crippen MR) is 130 cm³/mol. The summed E-state index contributed by atoms with van der Waals surface area (Å²) in [5.41, 5.74) is -2.58. The van der Waals surface area contributed by atoms with Crippen LogP contribution in [0.25, 0.3) is 0 Å². The van der Waals surface area contributed by atoms with Gasteiger partial charge in [-0.05, 0) is 61.3 Å². The first-order valence-electron chi connectivity index (χ1n) is 12.2. The molecule has 208 valence electrons. The highest BCUT2D eigenvalue weighted by atomic mass is 31.2. The van der Waals surface area contributed by atoms with Crippen LogP contribution in [0.2, 0.25) is 0 Å². The van der Waals surface area contributed by atoms with Crippen molar-refractivity contribution in [3.8, 4) is 0 Å². The summed E-state index contributed by atoms with van der Waals surface area (Å²) in [5.74, 6) is -1.14. The van der Waals surface area contributed by atoms with Crippen molar-refractivity contribution in [3.63, 3.8) is 0 Å². The van der Waals surface area contributed by atoms with E-state index in [2.05, 4.69) is 11.8 Å². The Hall–Kier alpha value is -1.36. The van der Waals surface area contributed by atoms with Gasteiger partial charge >= 0.3 is 19.5 Å². The molecule has 0 spiro atoms. The molecule has 11 nitrogen and oxygen atoms in total. The largest absolute Gasteiger partial charge is 0.438 e. The number of piperidine rings is 3. The van der Waals surface area contributed by atoms with Crippen LogP contribution in [0.15, 0.2) is 0 Å². The van der Waals surface area contributed by atoms with Crippen LogP contribution in [0.4, 0.5) is 0 Å². The van der Waals surface area contributed by atoms with Crippen molar-refractivity contribution in [2.45, 2.75) is 72.9 Å². The molecule has 0 aromatic rings. The van der Waals surface area contributed by atoms with Crippen LogP contribution in [-0.2, 0) is 46.9 Å². The summed E-state index contributed by atoms with van der Waals surface area (Å²) in [7, 11) is -2.53. The van der Waals surface area contributed by atoms with Crippen molar-refractivity contribution in [3.05, 3.63) is 0 Å². The maximum absolute atomic E-state index is 13.4. The first-order chi connectivity index (χ1) is 16.6. The number of rotatable bonds is 12. The van der Waals surface area contributed by atoms with E-state index >= 15 is 0 Å². The van der Waals surface area contributed by atoms with E-state index in [4.69, 9.17) is 28.0 Å². The second-order valence-corrected chi connectivity index (χ2v) is 13.5. The average molecular weight is 536 g/mol. The zero-order valence-electron chi connectivity index (χ0n) is 22.8. The Kier molecular flexibility index (Phi) is 10.3. The Bertz CT molecular complexity index is 813. The molecule has 0 aromatic carbocycles. The fraction of sp³-hybridized carbons (Fsp3) is 0.875. The molecule has 3 heterocycles. The summed E-state index contributed by atoms with van der Waals surface area (Å²) in [6.45, 7) is 11.6.